The Morgan fingerprint density at radius 2 is 1.83 bits per heavy atom. The van der Waals surface area contributed by atoms with Gasteiger partial charge in [0.2, 0.25) is 0 Å². The Bertz CT molecular complexity index is 555. The number of rotatable bonds is 4. The lowest BCUT2D eigenvalue weighted by Gasteiger charge is -2.07. The van der Waals surface area contributed by atoms with Gasteiger partial charge in [-0.2, -0.15) is 5.26 Å². The Labute approximate surface area is 106 Å². The van der Waals surface area contributed by atoms with E-state index in [0.29, 0.717) is 13.0 Å². The SMILES string of the molecule is N#CCc1ccc(NCc2cccc(O)c2)cc1. The number of hydrogen-bond acceptors (Lipinski definition) is 3. The van der Waals surface area contributed by atoms with E-state index < -0.39 is 0 Å². The molecule has 0 aliphatic carbocycles. The van der Waals surface area contributed by atoms with Gasteiger partial charge in [0.1, 0.15) is 5.75 Å². The second-order valence-corrected chi connectivity index (χ2v) is 4.06. The van der Waals surface area contributed by atoms with Crippen molar-refractivity contribution in [3.05, 3.63) is 59.7 Å². The predicted octanol–water partition coefficient (Wildman–Crippen LogP) is 3.07. The standard InChI is InChI=1S/C15H14N2O/c16-9-8-12-4-6-14(7-5-12)17-11-13-2-1-3-15(18)10-13/h1-7,10,17-18H,8,11H2. The fraction of sp³-hybridized carbons (Fsp3) is 0.133. The average molecular weight is 238 g/mol. The summed E-state index contributed by atoms with van der Waals surface area (Å²) >= 11 is 0. The highest BCUT2D eigenvalue weighted by Crippen LogP contribution is 2.14. The molecule has 0 aromatic heterocycles. The van der Waals surface area contributed by atoms with Gasteiger partial charge >= 0.3 is 0 Å². The third-order valence-corrected chi connectivity index (χ3v) is 2.64. The van der Waals surface area contributed by atoms with Crippen LogP contribution in [0.25, 0.3) is 0 Å². The number of hydrogen-bond donors (Lipinski definition) is 2. The summed E-state index contributed by atoms with van der Waals surface area (Å²) in [5.74, 6) is 0.277. The maximum atomic E-state index is 9.35. The molecular weight excluding hydrogens is 224 g/mol. The zero-order valence-corrected chi connectivity index (χ0v) is 9.93. The van der Waals surface area contributed by atoms with E-state index in [2.05, 4.69) is 11.4 Å². The highest BCUT2D eigenvalue weighted by molar-refractivity contribution is 5.45. The summed E-state index contributed by atoms with van der Waals surface area (Å²) in [5.41, 5.74) is 3.04. The van der Waals surface area contributed by atoms with Gasteiger partial charge in [-0.3, -0.25) is 0 Å². The van der Waals surface area contributed by atoms with E-state index >= 15 is 0 Å². The average Bonchev–Trinajstić information content (AvgIpc) is 2.38. The van der Waals surface area contributed by atoms with Gasteiger partial charge in [0, 0.05) is 12.2 Å². The van der Waals surface area contributed by atoms with E-state index in [1.165, 1.54) is 0 Å². The van der Waals surface area contributed by atoms with Crippen LogP contribution < -0.4 is 5.32 Å². The normalized spacial score (nSPS) is 9.72. The highest BCUT2D eigenvalue weighted by atomic mass is 16.3. The van der Waals surface area contributed by atoms with Crippen LogP contribution in [-0.4, -0.2) is 5.11 Å². The lowest BCUT2D eigenvalue weighted by Crippen LogP contribution is -1.99. The first-order chi connectivity index (χ1) is 8.78. The number of benzene rings is 2. The molecule has 2 rings (SSSR count). The summed E-state index contributed by atoms with van der Waals surface area (Å²) < 4.78 is 0. The molecule has 0 aliphatic heterocycles. The molecule has 3 nitrogen and oxygen atoms in total. The smallest absolute Gasteiger partial charge is 0.115 e. The number of anilines is 1. The second-order valence-electron chi connectivity index (χ2n) is 4.06. The molecule has 0 radical (unpaired) electrons. The molecule has 2 aromatic rings. The molecule has 0 amide bonds. The van der Waals surface area contributed by atoms with E-state index in [4.69, 9.17) is 5.26 Å². The third-order valence-electron chi connectivity index (χ3n) is 2.64. The second kappa shape index (κ2) is 5.74. The van der Waals surface area contributed by atoms with Crippen LogP contribution in [0.1, 0.15) is 11.1 Å². The molecule has 0 heterocycles. The molecule has 0 bridgehead atoms. The number of phenolic OH excluding ortho intramolecular Hbond substituents is 1. The van der Waals surface area contributed by atoms with Crippen LogP contribution in [0.4, 0.5) is 5.69 Å². The van der Waals surface area contributed by atoms with Crippen molar-refractivity contribution in [2.75, 3.05) is 5.32 Å². The Morgan fingerprint density at radius 1 is 1.06 bits per heavy atom. The largest absolute Gasteiger partial charge is 0.508 e. The van der Waals surface area contributed by atoms with E-state index in [1.807, 2.05) is 36.4 Å². The topological polar surface area (TPSA) is 56.0 Å². The molecule has 0 fully saturated rings. The lowest BCUT2D eigenvalue weighted by atomic mass is 10.1. The number of nitrogens with zero attached hydrogens (tertiary/aromatic N) is 1. The zero-order chi connectivity index (χ0) is 12.8. The summed E-state index contributed by atoms with van der Waals surface area (Å²) in [5, 5.41) is 21.2. The van der Waals surface area contributed by atoms with Crippen LogP contribution in [0.5, 0.6) is 5.75 Å². The maximum Gasteiger partial charge on any atom is 0.115 e. The molecule has 0 aliphatic rings. The molecule has 2 aromatic carbocycles. The lowest BCUT2D eigenvalue weighted by molar-refractivity contribution is 0.474. The first-order valence-corrected chi connectivity index (χ1v) is 5.75. The Kier molecular flexibility index (Phi) is 3.83. The summed E-state index contributed by atoms with van der Waals surface area (Å²) in [4.78, 5) is 0. The van der Waals surface area contributed by atoms with Gasteiger partial charge in [0.05, 0.1) is 12.5 Å². The zero-order valence-electron chi connectivity index (χ0n) is 9.93. The van der Waals surface area contributed by atoms with Crippen molar-refractivity contribution in [1.82, 2.24) is 0 Å². The van der Waals surface area contributed by atoms with Crippen molar-refractivity contribution in [2.45, 2.75) is 13.0 Å². The third kappa shape index (κ3) is 3.26. The van der Waals surface area contributed by atoms with Gasteiger partial charge in [0.15, 0.2) is 0 Å². The molecular formula is C15H14N2O. The number of aromatic hydroxyl groups is 1. The molecule has 2 N–H and O–H groups in total. The Morgan fingerprint density at radius 3 is 2.50 bits per heavy atom. The van der Waals surface area contributed by atoms with Gasteiger partial charge in [-0.05, 0) is 35.4 Å². The van der Waals surface area contributed by atoms with Crippen LogP contribution in [0.2, 0.25) is 0 Å². The van der Waals surface area contributed by atoms with Gasteiger partial charge in [-0.15, -0.1) is 0 Å². The van der Waals surface area contributed by atoms with E-state index in [1.54, 1.807) is 12.1 Å². The van der Waals surface area contributed by atoms with Crippen molar-refractivity contribution in [3.8, 4) is 11.8 Å². The van der Waals surface area contributed by atoms with Gasteiger partial charge in [-0.1, -0.05) is 24.3 Å². The quantitative estimate of drug-likeness (QED) is 0.860. The van der Waals surface area contributed by atoms with Crippen molar-refractivity contribution in [3.63, 3.8) is 0 Å². The first kappa shape index (κ1) is 12.0. The molecule has 90 valence electrons. The number of phenols is 1. The number of nitrogens with one attached hydrogen (secondary N) is 1. The van der Waals surface area contributed by atoms with Crippen molar-refractivity contribution in [2.24, 2.45) is 0 Å². The minimum Gasteiger partial charge on any atom is -0.508 e. The molecule has 18 heavy (non-hydrogen) atoms. The highest BCUT2D eigenvalue weighted by Gasteiger charge is 1.96. The summed E-state index contributed by atoms with van der Waals surface area (Å²) in [6.07, 6.45) is 0.437. The molecule has 0 saturated carbocycles. The van der Waals surface area contributed by atoms with Gasteiger partial charge in [-0.25, -0.2) is 0 Å². The molecule has 0 atom stereocenters. The minimum atomic E-state index is 0.277. The predicted molar refractivity (Wildman–Crippen MR) is 71.2 cm³/mol. The van der Waals surface area contributed by atoms with Crippen LogP contribution in [0, 0.1) is 11.3 Å². The van der Waals surface area contributed by atoms with Crippen molar-refractivity contribution in [1.29, 1.82) is 5.26 Å². The molecule has 3 heteroatoms. The number of nitriles is 1. The summed E-state index contributed by atoms with van der Waals surface area (Å²) in [6.45, 7) is 0.659. The Hall–Kier alpha value is -2.47. The van der Waals surface area contributed by atoms with Crippen LogP contribution in [-0.2, 0) is 13.0 Å². The maximum absolute atomic E-state index is 9.35. The fourth-order valence-electron chi connectivity index (χ4n) is 1.70. The molecule has 0 saturated heterocycles. The summed E-state index contributed by atoms with van der Waals surface area (Å²) in [6, 6.07) is 17.1. The van der Waals surface area contributed by atoms with E-state index in [-0.39, 0.29) is 5.75 Å². The van der Waals surface area contributed by atoms with E-state index in [0.717, 1.165) is 16.8 Å². The monoisotopic (exact) mass is 238 g/mol. The van der Waals surface area contributed by atoms with Crippen LogP contribution in [0.15, 0.2) is 48.5 Å². The van der Waals surface area contributed by atoms with E-state index in [9.17, 15) is 5.11 Å². The minimum absolute atomic E-state index is 0.277. The van der Waals surface area contributed by atoms with Crippen LogP contribution >= 0.6 is 0 Å². The fourth-order valence-corrected chi connectivity index (χ4v) is 1.70. The molecule has 0 spiro atoms. The van der Waals surface area contributed by atoms with Crippen molar-refractivity contribution < 1.29 is 5.11 Å². The van der Waals surface area contributed by atoms with Crippen molar-refractivity contribution >= 4 is 5.69 Å². The van der Waals surface area contributed by atoms with Gasteiger partial charge < -0.3 is 10.4 Å². The van der Waals surface area contributed by atoms with Crippen LogP contribution in [0.3, 0.4) is 0 Å². The van der Waals surface area contributed by atoms with Gasteiger partial charge in [0.25, 0.3) is 0 Å². The Balaban J connectivity index is 1.96. The molecule has 0 unspecified atom stereocenters. The summed E-state index contributed by atoms with van der Waals surface area (Å²) in [7, 11) is 0. The first-order valence-electron chi connectivity index (χ1n) is 5.75.